The summed E-state index contributed by atoms with van der Waals surface area (Å²) < 4.78 is 0. The normalized spacial score (nSPS) is 10.6. The van der Waals surface area contributed by atoms with E-state index < -0.39 is 4.92 Å². The van der Waals surface area contributed by atoms with Crippen LogP contribution in [-0.2, 0) is 0 Å². The second kappa shape index (κ2) is 7.12. The van der Waals surface area contributed by atoms with E-state index in [1.165, 1.54) is 12.1 Å². The number of carbonyl (C=O) groups excluding carboxylic acids is 1. The fraction of sp³-hybridized carbons (Fsp3) is 0.125. The van der Waals surface area contributed by atoms with E-state index in [-0.39, 0.29) is 11.6 Å². The molecule has 1 N–H and O–H groups in total. The van der Waals surface area contributed by atoms with Gasteiger partial charge in [-0.05, 0) is 29.7 Å². The van der Waals surface area contributed by atoms with Gasteiger partial charge in [-0.1, -0.05) is 31.2 Å². The lowest BCUT2D eigenvalue weighted by molar-refractivity contribution is -0.384. The van der Waals surface area contributed by atoms with E-state index in [1.54, 1.807) is 42.6 Å². The molecule has 6 heteroatoms. The van der Waals surface area contributed by atoms with Crippen LogP contribution in [-0.4, -0.2) is 17.0 Å². The van der Waals surface area contributed by atoms with Gasteiger partial charge in [-0.15, -0.1) is 0 Å². The highest BCUT2D eigenvalue weighted by Gasteiger charge is 2.08. The van der Waals surface area contributed by atoms with Crippen molar-refractivity contribution in [2.45, 2.75) is 13.3 Å². The summed E-state index contributed by atoms with van der Waals surface area (Å²) in [7, 11) is 0. The molecule has 0 aliphatic carbocycles. The Kier molecular flexibility index (Phi) is 4.98. The summed E-state index contributed by atoms with van der Waals surface area (Å²) in [5.74, 6) is -0.296. The molecule has 0 fully saturated rings. The SMILES string of the molecule is CC/C=N/NC(=O)c1ccc(-c2cccc([N+](=O)[O-])c2)cc1. The van der Waals surface area contributed by atoms with Gasteiger partial charge in [-0.3, -0.25) is 14.9 Å². The van der Waals surface area contributed by atoms with Gasteiger partial charge in [-0.25, -0.2) is 5.43 Å². The van der Waals surface area contributed by atoms with Crippen molar-refractivity contribution in [2.24, 2.45) is 5.10 Å². The third-order valence-corrected chi connectivity index (χ3v) is 2.98. The van der Waals surface area contributed by atoms with Gasteiger partial charge in [0.15, 0.2) is 0 Å². The molecule has 6 nitrogen and oxygen atoms in total. The second-order valence-electron chi connectivity index (χ2n) is 4.55. The number of nitrogens with zero attached hydrogens (tertiary/aromatic N) is 2. The number of hydrogen-bond donors (Lipinski definition) is 1. The molecule has 1 amide bonds. The molecule has 0 aliphatic heterocycles. The van der Waals surface area contributed by atoms with Crippen LogP contribution in [0.3, 0.4) is 0 Å². The van der Waals surface area contributed by atoms with Crippen molar-refractivity contribution < 1.29 is 9.72 Å². The average Bonchev–Trinajstić information content (AvgIpc) is 2.55. The predicted molar refractivity (Wildman–Crippen MR) is 84.8 cm³/mol. The Labute approximate surface area is 127 Å². The van der Waals surface area contributed by atoms with Crippen LogP contribution < -0.4 is 5.43 Å². The van der Waals surface area contributed by atoms with Gasteiger partial charge in [0, 0.05) is 23.9 Å². The van der Waals surface area contributed by atoms with Crippen molar-refractivity contribution in [3.05, 3.63) is 64.2 Å². The molecular weight excluding hydrogens is 282 g/mol. The molecule has 2 aromatic rings. The number of amides is 1. The van der Waals surface area contributed by atoms with Crippen LogP contribution in [0.1, 0.15) is 23.7 Å². The standard InChI is InChI=1S/C16H15N3O3/c1-2-10-17-18-16(20)13-8-6-12(7-9-13)14-4-3-5-15(11-14)19(21)22/h3-11H,2H2,1H3,(H,18,20)/b17-10+. The molecule has 0 heterocycles. The largest absolute Gasteiger partial charge is 0.271 e. The number of hydrogen-bond acceptors (Lipinski definition) is 4. The van der Waals surface area contributed by atoms with E-state index in [9.17, 15) is 14.9 Å². The molecule has 0 atom stereocenters. The summed E-state index contributed by atoms with van der Waals surface area (Å²) in [6, 6.07) is 13.2. The van der Waals surface area contributed by atoms with Crippen LogP contribution in [0.15, 0.2) is 53.6 Å². The molecule has 0 bridgehead atoms. The smallest absolute Gasteiger partial charge is 0.267 e. The maximum atomic E-state index is 11.8. The number of nitro benzene ring substituents is 1. The van der Waals surface area contributed by atoms with E-state index >= 15 is 0 Å². The van der Waals surface area contributed by atoms with Gasteiger partial charge >= 0.3 is 0 Å². The number of rotatable bonds is 5. The fourth-order valence-corrected chi connectivity index (χ4v) is 1.87. The monoisotopic (exact) mass is 297 g/mol. The number of nitro groups is 1. The third-order valence-electron chi connectivity index (χ3n) is 2.98. The third kappa shape index (κ3) is 3.76. The summed E-state index contributed by atoms with van der Waals surface area (Å²) in [6.07, 6.45) is 2.35. The fourth-order valence-electron chi connectivity index (χ4n) is 1.87. The first-order valence-electron chi connectivity index (χ1n) is 6.78. The van der Waals surface area contributed by atoms with Crippen LogP contribution in [0.2, 0.25) is 0 Å². The average molecular weight is 297 g/mol. The highest BCUT2D eigenvalue weighted by atomic mass is 16.6. The summed E-state index contributed by atoms with van der Waals surface area (Å²) in [6.45, 7) is 1.92. The van der Waals surface area contributed by atoms with Crippen LogP contribution in [0.5, 0.6) is 0 Å². The van der Waals surface area contributed by atoms with Gasteiger partial charge in [0.1, 0.15) is 0 Å². The molecule has 0 aromatic heterocycles. The van der Waals surface area contributed by atoms with Crippen molar-refractivity contribution in [3.63, 3.8) is 0 Å². The molecule has 0 spiro atoms. The summed E-state index contributed by atoms with van der Waals surface area (Å²) in [5.41, 5.74) is 4.46. The molecule has 112 valence electrons. The van der Waals surface area contributed by atoms with E-state index in [2.05, 4.69) is 10.5 Å². The predicted octanol–water partition coefficient (Wildman–Crippen LogP) is 3.39. The van der Waals surface area contributed by atoms with Gasteiger partial charge in [-0.2, -0.15) is 5.10 Å². The van der Waals surface area contributed by atoms with Crippen molar-refractivity contribution in [1.29, 1.82) is 0 Å². The van der Waals surface area contributed by atoms with Gasteiger partial charge in [0.05, 0.1) is 4.92 Å². The highest BCUT2D eigenvalue weighted by molar-refractivity contribution is 5.94. The van der Waals surface area contributed by atoms with Gasteiger partial charge < -0.3 is 0 Å². The van der Waals surface area contributed by atoms with Crippen molar-refractivity contribution >= 4 is 17.8 Å². The van der Waals surface area contributed by atoms with Gasteiger partial charge in [0.25, 0.3) is 11.6 Å². The van der Waals surface area contributed by atoms with E-state index in [0.717, 1.165) is 17.5 Å². The first kappa shape index (κ1) is 15.4. The molecule has 0 saturated carbocycles. The van der Waals surface area contributed by atoms with Gasteiger partial charge in [0.2, 0.25) is 0 Å². The Bertz CT molecular complexity index is 709. The van der Waals surface area contributed by atoms with Crippen LogP contribution in [0.4, 0.5) is 5.69 Å². The highest BCUT2D eigenvalue weighted by Crippen LogP contribution is 2.24. The maximum Gasteiger partial charge on any atom is 0.271 e. The lowest BCUT2D eigenvalue weighted by atomic mass is 10.0. The Morgan fingerprint density at radius 3 is 2.59 bits per heavy atom. The Hall–Kier alpha value is -3.02. The van der Waals surface area contributed by atoms with E-state index in [0.29, 0.717) is 5.56 Å². The minimum absolute atomic E-state index is 0.0354. The van der Waals surface area contributed by atoms with Crippen molar-refractivity contribution in [3.8, 4) is 11.1 Å². The Morgan fingerprint density at radius 2 is 1.95 bits per heavy atom. The van der Waals surface area contributed by atoms with Crippen LogP contribution in [0, 0.1) is 10.1 Å². The maximum absolute atomic E-state index is 11.8. The minimum atomic E-state index is -0.433. The molecule has 2 rings (SSSR count). The molecule has 0 radical (unpaired) electrons. The second-order valence-corrected chi connectivity index (χ2v) is 4.55. The molecule has 0 saturated heterocycles. The van der Waals surface area contributed by atoms with Crippen molar-refractivity contribution in [1.82, 2.24) is 5.43 Å². The molecule has 0 unspecified atom stereocenters. The minimum Gasteiger partial charge on any atom is -0.267 e. The number of hydrazone groups is 1. The zero-order valence-corrected chi connectivity index (χ0v) is 12.0. The van der Waals surface area contributed by atoms with E-state index in [4.69, 9.17) is 0 Å². The quantitative estimate of drug-likeness (QED) is 0.521. The summed E-state index contributed by atoms with van der Waals surface area (Å²) in [5, 5.41) is 14.6. The number of carbonyl (C=O) groups is 1. The lowest BCUT2D eigenvalue weighted by Gasteiger charge is -2.04. The zero-order chi connectivity index (χ0) is 15.9. The van der Waals surface area contributed by atoms with E-state index in [1.807, 2.05) is 6.92 Å². The molecule has 0 aliphatic rings. The number of non-ortho nitro benzene ring substituents is 1. The lowest BCUT2D eigenvalue weighted by Crippen LogP contribution is -2.17. The first-order chi connectivity index (χ1) is 10.6. The molecule has 2 aromatic carbocycles. The topological polar surface area (TPSA) is 84.6 Å². The summed E-state index contributed by atoms with van der Waals surface area (Å²) >= 11 is 0. The van der Waals surface area contributed by atoms with Crippen LogP contribution >= 0.6 is 0 Å². The summed E-state index contributed by atoms with van der Waals surface area (Å²) in [4.78, 5) is 22.2. The molecular formula is C16H15N3O3. The Balaban J connectivity index is 2.18. The molecule has 22 heavy (non-hydrogen) atoms. The first-order valence-corrected chi connectivity index (χ1v) is 6.78. The number of nitrogens with one attached hydrogen (secondary N) is 1. The zero-order valence-electron chi connectivity index (χ0n) is 12.0. The van der Waals surface area contributed by atoms with Crippen LogP contribution in [0.25, 0.3) is 11.1 Å². The van der Waals surface area contributed by atoms with Crippen molar-refractivity contribution in [2.75, 3.05) is 0 Å². The Morgan fingerprint density at radius 1 is 1.23 bits per heavy atom. The number of benzene rings is 2.